The smallest absolute Gasteiger partial charge is 0.144 e. The summed E-state index contributed by atoms with van der Waals surface area (Å²) in [5, 5.41) is 13.5. The highest BCUT2D eigenvalue weighted by atomic mass is 16.5. The summed E-state index contributed by atoms with van der Waals surface area (Å²) in [7, 11) is 1.64. The number of aromatic nitrogens is 2. The van der Waals surface area contributed by atoms with Crippen molar-refractivity contribution >= 4 is 0 Å². The lowest BCUT2D eigenvalue weighted by Gasteiger charge is -2.11. The van der Waals surface area contributed by atoms with Gasteiger partial charge in [-0.15, -0.1) is 0 Å². The second-order valence-corrected chi connectivity index (χ2v) is 4.00. The number of hydrogen-bond acceptors (Lipinski definition) is 3. The summed E-state index contributed by atoms with van der Waals surface area (Å²) in [4.78, 5) is 0. The van der Waals surface area contributed by atoms with Gasteiger partial charge in [0, 0.05) is 11.3 Å². The van der Waals surface area contributed by atoms with Gasteiger partial charge in [0.25, 0.3) is 0 Å². The topological polar surface area (TPSA) is 47.3 Å². The van der Waals surface area contributed by atoms with Crippen LogP contribution in [0.25, 0.3) is 5.69 Å². The number of ether oxygens (including phenoxy) is 1. The van der Waals surface area contributed by atoms with Gasteiger partial charge in [-0.2, -0.15) is 5.10 Å². The first kappa shape index (κ1) is 11.7. The molecule has 1 aromatic heterocycles. The Kier molecular flexibility index (Phi) is 3.15. The van der Waals surface area contributed by atoms with E-state index in [1.165, 1.54) is 0 Å². The summed E-state index contributed by atoms with van der Waals surface area (Å²) in [5.74, 6) is 0.770. The average molecular weight is 232 g/mol. The molecule has 1 heterocycles. The van der Waals surface area contributed by atoms with Gasteiger partial charge in [-0.05, 0) is 31.5 Å². The molecule has 2 rings (SSSR count). The minimum absolute atomic E-state index is 0.0000352. The molecule has 0 fully saturated rings. The maximum atomic E-state index is 9.18. The van der Waals surface area contributed by atoms with E-state index in [0.29, 0.717) is 0 Å². The molecule has 0 saturated carbocycles. The van der Waals surface area contributed by atoms with Crippen LogP contribution in [0.5, 0.6) is 5.75 Å². The van der Waals surface area contributed by atoms with Crippen LogP contribution in [0, 0.1) is 13.8 Å². The van der Waals surface area contributed by atoms with Crippen LogP contribution < -0.4 is 4.74 Å². The molecule has 0 radical (unpaired) electrons. The van der Waals surface area contributed by atoms with Crippen LogP contribution in [0.3, 0.4) is 0 Å². The highest BCUT2D eigenvalue weighted by Gasteiger charge is 2.11. The maximum absolute atomic E-state index is 9.18. The second kappa shape index (κ2) is 4.59. The lowest BCUT2D eigenvalue weighted by molar-refractivity contribution is 0.281. The number of methoxy groups -OCH3 is 1. The number of aliphatic hydroxyl groups excluding tert-OH is 1. The Morgan fingerprint density at radius 3 is 2.71 bits per heavy atom. The van der Waals surface area contributed by atoms with E-state index in [2.05, 4.69) is 5.10 Å². The molecule has 0 unspecified atom stereocenters. The SMILES string of the molecule is COc1ccc(C)cc1-n1ncc(CO)c1C. The zero-order valence-electron chi connectivity index (χ0n) is 10.3. The standard InChI is InChI=1S/C13H16N2O2/c1-9-4-5-13(17-3)12(6-9)15-10(2)11(8-16)7-14-15/h4-7,16H,8H2,1-3H3. The number of aryl methyl sites for hydroxylation is 1. The van der Waals surface area contributed by atoms with E-state index in [-0.39, 0.29) is 6.61 Å². The lowest BCUT2D eigenvalue weighted by Crippen LogP contribution is -2.02. The van der Waals surface area contributed by atoms with Crippen LogP contribution in [0.4, 0.5) is 0 Å². The molecule has 90 valence electrons. The van der Waals surface area contributed by atoms with E-state index < -0.39 is 0 Å². The van der Waals surface area contributed by atoms with Crippen molar-refractivity contribution in [3.05, 3.63) is 41.2 Å². The molecule has 0 amide bonds. The molecular formula is C13H16N2O2. The van der Waals surface area contributed by atoms with Gasteiger partial charge in [-0.25, -0.2) is 4.68 Å². The normalized spacial score (nSPS) is 10.6. The zero-order chi connectivity index (χ0) is 12.4. The first-order valence-corrected chi connectivity index (χ1v) is 5.46. The molecule has 0 spiro atoms. The molecule has 0 atom stereocenters. The predicted molar refractivity (Wildman–Crippen MR) is 65.5 cm³/mol. The summed E-state index contributed by atoms with van der Waals surface area (Å²) in [5.41, 5.74) is 3.79. The Morgan fingerprint density at radius 1 is 1.35 bits per heavy atom. The number of nitrogens with zero attached hydrogens (tertiary/aromatic N) is 2. The Hall–Kier alpha value is -1.81. The zero-order valence-corrected chi connectivity index (χ0v) is 10.3. The van der Waals surface area contributed by atoms with Gasteiger partial charge in [-0.3, -0.25) is 0 Å². The van der Waals surface area contributed by atoms with Gasteiger partial charge in [0.15, 0.2) is 0 Å². The summed E-state index contributed by atoms with van der Waals surface area (Å²) in [6.07, 6.45) is 1.68. The van der Waals surface area contributed by atoms with Crippen molar-refractivity contribution in [1.29, 1.82) is 0 Å². The molecule has 4 heteroatoms. The van der Waals surface area contributed by atoms with E-state index in [1.54, 1.807) is 18.0 Å². The van der Waals surface area contributed by atoms with E-state index in [0.717, 1.165) is 28.3 Å². The van der Waals surface area contributed by atoms with Crippen LogP contribution in [0.15, 0.2) is 24.4 Å². The Morgan fingerprint density at radius 2 is 2.12 bits per heavy atom. The summed E-state index contributed by atoms with van der Waals surface area (Å²) >= 11 is 0. The van der Waals surface area contributed by atoms with Gasteiger partial charge >= 0.3 is 0 Å². The third-order valence-corrected chi connectivity index (χ3v) is 2.84. The molecule has 0 bridgehead atoms. The highest BCUT2D eigenvalue weighted by molar-refractivity contribution is 5.49. The molecule has 0 aliphatic rings. The molecule has 0 aliphatic heterocycles. The van der Waals surface area contributed by atoms with Crippen molar-refractivity contribution in [2.24, 2.45) is 0 Å². The lowest BCUT2D eigenvalue weighted by atomic mass is 10.2. The maximum Gasteiger partial charge on any atom is 0.144 e. The number of benzene rings is 1. The van der Waals surface area contributed by atoms with E-state index in [4.69, 9.17) is 4.74 Å². The molecule has 2 aromatic rings. The quantitative estimate of drug-likeness (QED) is 0.880. The van der Waals surface area contributed by atoms with Gasteiger partial charge in [-0.1, -0.05) is 6.07 Å². The van der Waals surface area contributed by atoms with Crippen molar-refractivity contribution in [1.82, 2.24) is 9.78 Å². The fourth-order valence-electron chi connectivity index (χ4n) is 1.81. The fraction of sp³-hybridized carbons (Fsp3) is 0.308. The monoisotopic (exact) mass is 232 g/mol. The second-order valence-electron chi connectivity index (χ2n) is 4.00. The van der Waals surface area contributed by atoms with E-state index in [9.17, 15) is 5.11 Å². The van der Waals surface area contributed by atoms with Gasteiger partial charge in [0.1, 0.15) is 11.4 Å². The fourth-order valence-corrected chi connectivity index (χ4v) is 1.81. The first-order chi connectivity index (χ1) is 8.17. The minimum Gasteiger partial charge on any atom is -0.494 e. The van der Waals surface area contributed by atoms with Crippen molar-refractivity contribution in [2.75, 3.05) is 7.11 Å². The summed E-state index contributed by atoms with van der Waals surface area (Å²) < 4.78 is 7.12. The Bertz CT molecular complexity index is 532. The summed E-state index contributed by atoms with van der Waals surface area (Å²) in [6, 6.07) is 5.93. The van der Waals surface area contributed by atoms with Crippen LogP contribution in [0.1, 0.15) is 16.8 Å². The first-order valence-electron chi connectivity index (χ1n) is 5.46. The van der Waals surface area contributed by atoms with Crippen molar-refractivity contribution in [2.45, 2.75) is 20.5 Å². The number of rotatable bonds is 3. The Balaban J connectivity index is 2.58. The molecule has 0 aliphatic carbocycles. The number of hydrogen-bond donors (Lipinski definition) is 1. The average Bonchev–Trinajstić information content (AvgIpc) is 2.70. The van der Waals surface area contributed by atoms with Crippen molar-refractivity contribution in [3.8, 4) is 11.4 Å². The molecule has 4 nitrogen and oxygen atoms in total. The van der Waals surface area contributed by atoms with Crippen LogP contribution >= 0.6 is 0 Å². The number of aliphatic hydroxyl groups is 1. The largest absolute Gasteiger partial charge is 0.494 e. The molecule has 17 heavy (non-hydrogen) atoms. The molecule has 0 saturated heterocycles. The van der Waals surface area contributed by atoms with E-state index >= 15 is 0 Å². The predicted octanol–water partition coefficient (Wildman–Crippen LogP) is 1.99. The third kappa shape index (κ3) is 2.03. The van der Waals surface area contributed by atoms with Crippen LogP contribution in [0.2, 0.25) is 0 Å². The summed E-state index contributed by atoms with van der Waals surface area (Å²) in [6.45, 7) is 3.95. The third-order valence-electron chi connectivity index (χ3n) is 2.84. The van der Waals surface area contributed by atoms with Gasteiger partial charge in [0.05, 0.1) is 19.9 Å². The highest BCUT2D eigenvalue weighted by Crippen LogP contribution is 2.25. The van der Waals surface area contributed by atoms with Crippen LogP contribution in [-0.4, -0.2) is 22.0 Å². The van der Waals surface area contributed by atoms with Gasteiger partial charge < -0.3 is 9.84 Å². The van der Waals surface area contributed by atoms with Crippen LogP contribution in [-0.2, 0) is 6.61 Å². The molecular weight excluding hydrogens is 216 g/mol. The van der Waals surface area contributed by atoms with E-state index in [1.807, 2.05) is 32.0 Å². The van der Waals surface area contributed by atoms with Crippen molar-refractivity contribution < 1.29 is 9.84 Å². The minimum atomic E-state index is -0.0000352. The Labute approximate surface area is 100 Å². The van der Waals surface area contributed by atoms with Gasteiger partial charge in [0.2, 0.25) is 0 Å². The molecule has 1 aromatic carbocycles. The molecule has 1 N–H and O–H groups in total. The van der Waals surface area contributed by atoms with Crippen molar-refractivity contribution in [3.63, 3.8) is 0 Å².